The molecule has 4 aromatic heterocycles. The van der Waals surface area contributed by atoms with E-state index in [0.29, 0.717) is 25.2 Å². The van der Waals surface area contributed by atoms with E-state index in [2.05, 4.69) is 20.4 Å². The third-order valence-corrected chi connectivity index (χ3v) is 6.48. The molecule has 0 saturated heterocycles. The van der Waals surface area contributed by atoms with E-state index in [-0.39, 0.29) is 5.91 Å². The van der Waals surface area contributed by atoms with Crippen molar-refractivity contribution in [1.82, 2.24) is 19.7 Å². The largest absolute Gasteiger partial charge is 0.296 e. The van der Waals surface area contributed by atoms with Gasteiger partial charge in [-0.25, -0.2) is 9.97 Å². The first kappa shape index (κ1) is 17.6. The molecular weight excluding hydrogens is 433 g/mol. The van der Waals surface area contributed by atoms with E-state index in [1.54, 1.807) is 22.3 Å². The molecule has 0 aliphatic heterocycles. The van der Waals surface area contributed by atoms with E-state index in [4.69, 9.17) is 23.2 Å². The molecule has 1 N–H and O–H groups in total. The number of hydrogen-bond donors (Lipinski definition) is 1. The number of carbonyl (C=O) groups excluding carboxylic acids is 1. The molecule has 0 spiro atoms. The molecule has 0 radical (unpaired) electrons. The first-order chi connectivity index (χ1) is 12.5. The summed E-state index contributed by atoms with van der Waals surface area (Å²) in [6, 6.07) is 1.76. The second-order valence-corrected chi connectivity index (χ2v) is 9.17. The summed E-state index contributed by atoms with van der Waals surface area (Å²) in [5, 5.41) is 11.6. The Morgan fingerprint density at radius 2 is 2.08 bits per heavy atom. The van der Waals surface area contributed by atoms with Gasteiger partial charge < -0.3 is 0 Å². The van der Waals surface area contributed by atoms with Gasteiger partial charge in [0.2, 0.25) is 0 Å². The average Bonchev–Trinajstić information content (AvgIpc) is 3.34. The predicted octanol–water partition coefficient (Wildman–Crippen LogP) is 5.29. The van der Waals surface area contributed by atoms with Crippen LogP contribution in [0.2, 0.25) is 8.67 Å². The maximum Gasteiger partial charge on any atom is 0.276 e. The van der Waals surface area contributed by atoms with Crippen molar-refractivity contribution in [3.63, 3.8) is 0 Å². The highest BCUT2D eigenvalue weighted by Gasteiger charge is 2.16. The lowest BCUT2D eigenvalue weighted by atomic mass is 10.3. The molecule has 4 heterocycles. The Kier molecular flexibility index (Phi) is 4.80. The number of nitrogens with one attached hydrogen (secondary N) is 1. The lowest BCUT2D eigenvalue weighted by molar-refractivity contribution is 0.102. The number of aromatic nitrogens is 4. The standard InChI is InChI=1S/C15H9Cl2N5OS3/c1-22-4-7(3-18-22)14-19-10(6-24-14)13(23)21-15-20-9(5-25-15)8-2-11(16)26-12(8)17/h2-6H,1H3,(H,20,21,23). The van der Waals surface area contributed by atoms with Gasteiger partial charge >= 0.3 is 0 Å². The summed E-state index contributed by atoms with van der Waals surface area (Å²) in [6.45, 7) is 0. The average molecular weight is 442 g/mol. The smallest absolute Gasteiger partial charge is 0.276 e. The fourth-order valence-corrected chi connectivity index (χ4v) is 5.14. The van der Waals surface area contributed by atoms with Crippen LogP contribution in [0, 0.1) is 0 Å². The van der Waals surface area contributed by atoms with Gasteiger partial charge in [-0.3, -0.25) is 14.8 Å². The van der Waals surface area contributed by atoms with Gasteiger partial charge in [-0.15, -0.1) is 34.0 Å². The van der Waals surface area contributed by atoms with Crippen LogP contribution in [0.15, 0.2) is 29.2 Å². The van der Waals surface area contributed by atoms with Gasteiger partial charge in [0.25, 0.3) is 5.91 Å². The Hall–Kier alpha value is -1.78. The van der Waals surface area contributed by atoms with Crippen LogP contribution >= 0.6 is 57.2 Å². The maximum absolute atomic E-state index is 12.4. The number of thiazole rings is 2. The van der Waals surface area contributed by atoms with Gasteiger partial charge in [0.1, 0.15) is 15.0 Å². The summed E-state index contributed by atoms with van der Waals surface area (Å²) in [5.41, 5.74) is 2.64. The Morgan fingerprint density at radius 1 is 1.23 bits per heavy atom. The van der Waals surface area contributed by atoms with Crippen molar-refractivity contribution >= 4 is 68.3 Å². The molecule has 0 aliphatic rings. The van der Waals surface area contributed by atoms with Crippen molar-refractivity contribution in [3.8, 4) is 21.8 Å². The molecule has 132 valence electrons. The van der Waals surface area contributed by atoms with Gasteiger partial charge in [0, 0.05) is 35.1 Å². The summed E-state index contributed by atoms with van der Waals surface area (Å²) in [4.78, 5) is 21.2. The lowest BCUT2D eigenvalue weighted by Crippen LogP contribution is -2.12. The van der Waals surface area contributed by atoms with Crippen LogP contribution in [0.4, 0.5) is 5.13 Å². The van der Waals surface area contributed by atoms with Gasteiger partial charge in [-0.2, -0.15) is 5.10 Å². The molecule has 0 fully saturated rings. The molecule has 0 aromatic carbocycles. The van der Waals surface area contributed by atoms with E-state index in [1.807, 2.05) is 18.6 Å². The fourth-order valence-electron chi connectivity index (χ4n) is 2.17. The van der Waals surface area contributed by atoms with Crippen molar-refractivity contribution in [3.05, 3.63) is 43.6 Å². The molecular formula is C15H9Cl2N5OS3. The van der Waals surface area contributed by atoms with Crippen LogP contribution in [0.1, 0.15) is 10.5 Å². The second kappa shape index (κ2) is 7.09. The molecule has 0 atom stereocenters. The normalized spacial score (nSPS) is 11.0. The summed E-state index contributed by atoms with van der Waals surface area (Å²) in [7, 11) is 1.83. The summed E-state index contributed by atoms with van der Waals surface area (Å²) < 4.78 is 2.85. The minimum atomic E-state index is -0.313. The third-order valence-electron chi connectivity index (χ3n) is 3.35. The molecule has 11 heteroatoms. The molecule has 0 aliphatic carbocycles. The zero-order valence-electron chi connectivity index (χ0n) is 13.1. The molecule has 0 bridgehead atoms. The lowest BCUT2D eigenvalue weighted by Gasteiger charge is -1.97. The SMILES string of the molecule is Cn1cc(-c2nc(C(=O)Nc3nc(-c4cc(Cl)sc4Cl)cs3)cs2)cn1. The second-order valence-electron chi connectivity index (χ2n) is 5.17. The number of amides is 1. The highest BCUT2D eigenvalue weighted by atomic mass is 35.5. The van der Waals surface area contributed by atoms with Crippen LogP contribution in [0.25, 0.3) is 21.8 Å². The Morgan fingerprint density at radius 3 is 2.77 bits per heavy atom. The molecule has 4 aromatic rings. The van der Waals surface area contributed by atoms with Crippen LogP contribution in [-0.4, -0.2) is 25.7 Å². The van der Waals surface area contributed by atoms with Crippen molar-refractivity contribution in [2.75, 3.05) is 5.32 Å². The van der Waals surface area contributed by atoms with Crippen LogP contribution < -0.4 is 5.32 Å². The zero-order chi connectivity index (χ0) is 18.3. The van der Waals surface area contributed by atoms with Crippen molar-refractivity contribution < 1.29 is 4.79 Å². The number of halogens is 2. The van der Waals surface area contributed by atoms with E-state index < -0.39 is 0 Å². The zero-order valence-corrected chi connectivity index (χ0v) is 17.0. The Balaban J connectivity index is 1.50. The number of carbonyl (C=O) groups is 1. The highest BCUT2D eigenvalue weighted by molar-refractivity contribution is 7.20. The topological polar surface area (TPSA) is 72.7 Å². The number of aryl methyl sites for hydroxylation is 1. The highest BCUT2D eigenvalue weighted by Crippen LogP contribution is 2.39. The summed E-state index contributed by atoms with van der Waals surface area (Å²) >= 11 is 16.1. The van der Waals surface area contributed by atoms with E-state index in [9.17, 15) is 4.79 Å². The number of nitrogens with zero attached hydrogens (tertiary/aromatic N) is 4. The summed E-state index contributed by atoms with van der Waals surface area (Å²) in [5.74, 6) is -0.313. The van der Waals surface area contributed by atoms with Gasteiger partial charge in [-0.1, -0.05) is 23.2 Å². The van der Waals surface area contributed by atoms with Crippen LogP contribution in [0.5, 0.6) is 0 Å². The third kappa shape index (κ3) is 3.53. The predicted molar refractivity (Wildman–Crippen MR) is 108 cm³/mol. The van der Waals surface area contributed by atoms with Crippen molar-refractivity contribution in [2.45, 2.75) is 0 Å². The molecule has 0 unspecified atom stereocenters. The summed E-state index contributed by atoms with van der Waals surface area (Å²) in [6.07, 6.45) is 3.56. The van der Waals surface area contributed by atoms with E-state index in [0.717, 1.165) is 16.1 Å². The molecule has 26 heavy (non-hydrogen) atoms. The minimum absolute atomic E-state index is 0.313. The van der Waals surface area contributed by atoms with Crippen LogP contribution in [0.3, 0.4) is 0 Å². The number of rotatable bonds is 4. The van der Waals surface area contributed by atoms with E-state index >= 15 is 0 Å². The minimum Gasteiger partial charge on any atom is -0.296 e. The molecule has 4 rings (SSSR count). The number of thiophene rings is 1. The quantitative estimate of drug-likeness (QED) is 0.466. The molecule has 6 nitrogen and oxygen atoms in total. The molecule has 1 amide bonds. The van der Waals surface area contributed by atoms with Gasteiger partial charge in [-0.05, 0) is 6.07 Å². The van der Waals surface area contributed by atoms with Crippen molar-refractivity contribution in [1.29, 1.82) is 0 Å². The number of hydrogen-bond acceptors (Lipinski definition) is 7. The monoisotopic (exact) mass is 441 g/mol. The van der Waals surface area contributed by atoms with E-state index in [1.165, 1.54) is 34.0 Å². The van der Waals surface area contributed by atoms with Crippen LogP contribution in [-0.2, 0) is 7.05 Å². The van der Waals surface area contributed by atoms with Gasteiger partial charge in [0.15, 0.2) is 5.13 Å². The first-order valence-corrected chi connectivity index (χ1v) is 10.5. The Labute approximate surface area is 170 Å². The van der Waals surface area contributed by atoms with Crippen molar-refractivity contribution in [2.24, 2.45) is 7.05 Å². The Bertz CT molecular complexity index is 1100. The maximum atomic E-state index is 12.4. The molecule has 0 saturated carbocycles. The first-order valence-electron chi connectivity index (χ1n) is 7.16. The number of anilines is 1. The fraction of sp³-hybridized carbons (Fsp3) is 0.0667. The van der Waals surface area contributed by atoms with Gasteiger partial charge in [0.05, 0.1) is 16.2 Å².